The fourth-order valence-electron chi connectivity index (χ4n) is 5.33. The second-order valence-corrected chi connectivity index (χ2v) is 12.2. The van der Waals surface area contributed by atoms with Gasteiger partial charge in [-0.15, -0.1) is 0 Å². The van der Waals surface area contributed by atoms with E-state index in [9.17, 15) is 0 Å². The van der Waals surface area contributed by atoms with Crippen molar-refractivity contribution < 1.29 is 21.2 Å². The third-order valence-electron chi connectivity index (χ3n) is 7.02. The van der Waals surface area contributed by atoms with Gasteiger partial charge in [0.1, 0.15) is 0 Å². The van der Waals surface area contributed by atoms with Crippen molar-refractivity contribution in [2.75, 3.05) is 18.0 Å². The van der Waals surface area contributed by atoms with Crippen LogP contribution < -0.4 is 31.4 Å². The van der Waals surface area contributed by atoms with E-state index in [1.807, 2.05) is 16.9 Å². The first-order valence-electron chi connectivity index (χ1n) is 12.3. The Kier molecular flexibility index (Phi) is 6.23. The second kappa shape index (κ2) is 9.67. The molecule has 1 aliphatic heterocycles. The molecule has 2 atom stereocenters. The van der Waals surface area contributed by atoms with Crippen LogP contribution in [0.4, 0.5) is 5.69 Å². The van der Waals surface area contributed by atoms with Gasteiger partial charge in [0.25, 0.3) is 0 Å². The second-order valence-electron chi connectivity index (χ2n) is 9.41. The molecular weight excluding hydrogens is 557 g/mol. The molecule has 0 unspecified atom stereocenters. The molecule has 0 spiro atoms. The van der Waals surface area contributed by atoms with E-state index < -0.39 is 0 Å². The van der Waals surface area contributed by atoms with E-state index in [0.29, 0.717) is 12.1 Å². The zero-order valence-corrected chi connectivity index (χ0v) is 22.7. The van der Waals surface area contributed by atoms with Crippen molar-refractivity contribution in [2.45, 2.75) is 25.9 Å². The molecule has 1 saturated heterocycles. The third kappa shape index (κ3) is 4.18. The fraction of sp³-hybridized carbons (Fsp3) is 0.200. The SMILES string of the molecule is C=C[I-]c1ccc2c(-c3cnn4cc(-c5ccc(N6[C@H](C)CNC[C@@H]6C)cc5)cnc34)cccc2c1. The van der Waals surface area contributed by atoms with Crippen molar-refractivity contribution in [3.63, 3.8) is 0 Å². The van der Waals surface area contributed by atoms with Crippen LogP contribution in [0, 0.1) is 3.57 Å². The molecule has 0 aliphatic carbocycles. The van der Waals surface area contributed by atoms with Gasteiger partial charge in [-0.25, -0.2) is 0 Å². The van der Waals surface area contributed by atoms with E-state index in [1.165, 1.54) is 20.0 Å². The number of nitrogens with one attached hydrogen (secondary N) is 1. The van der Waals surface area contributed by atoms with Crippen molar-refractivity contribution >= 4 is 22.1 Å². The van der Waals surface area contributed by atoms with E-state index in [2.05, 4.69) is 107 Å². The minimum atomic E-state index is -0.137. The topological polar surface area (TPSA) is 45.5 Å². The molecule has 182 valence electrons. The van der Waals surface area contributed by atoms with Gasteiger partial charge in [-0.05, 0) is 26.0 Å². The van der Waals surface area contributed by atoms with Gasteiger partial charge in [-0.2, -0.15) is 0 Å². The standard InChI is InChI=1S/C30H29IN5/c1-4-31-25-10-13-27-23(14-25)6-5-7-28(27)29-18-34-35-19-24(17-33-30(29)35)22-8-11-26(12-9-22)36-20(2)15-32-16-21(36)3/h4-14,17-21,32H,1,15-16H2,2-3H3/q-1/t20-,21+. The van der Waals surface area contributed by atoms with Crippen LogP contribution in [0.2, 0.25) is 0 Å². The summed E-state index contributed by atoms with van der Waals surface area (Å²) in [6.45, 7) is 10.5. The van der Waals surface area contributed by atoms with Gasteiger partial charge < -0.3 is 10.2 Å². The number of anilines is 1. The predicted molar refractivity (Wildman–Crippen MR) is 145 cm³/mol. The number of hydrogen-bond donors (Lipinski definition) is 1. The fourth-order valence-corrected chi connectivity index (χ4v) is 6.74. The van der Waals surface area contributed by atoms with Crippen LogP contribution in [0.5, 0.6) is 0 Å². The molecule has 1 N–H and O–H groups in total. The predicted octanol–water partition coefficient (Wildman–Crippen LogP) is 2.81. The quantitative estimate of drug-likeness (QED) is 0.322. The molecule has 5 nitrogen and oxygen atoms in total. The molecule has 0 radical (unpaired) electrons. The number of hydrogen-bond acceptors (Lipinski definition) is 4. The third-order valence-corrected chi connectivity index (χ3v) is 8.85. The average Bonchev–Trinajstić information content (AvgIpc) is 3.32. The molecule has 6 rings (SSSR count). The monoisotopic (exact) mass is 586 g/mol. The van der Waals surface area contributed by atoms with E-state index in [0.717, 1.165) is 41.0 Å². The van der Waals surface area contributed by atoms with Gasteiger partial charge in [0.15, 0.2) is 0 Å². The van der Waals surface area contributed by atoms with Gasteiger partial charge in [-0.1, -0.05) is 0 Å². The van der Waals surface area contributed by atoms with Crippen LogP contribution >= 0.6 is 0 Å². The molecule has 1 fully saturated rings. The van der Waals surface area contributed by atoms with Gasteiger partial charge in [0, 0.05) is 30.9 Å². The normalized spacial score (nSPS) is 18.2. The van der Waals surface area contributed by atoms with Gasteiger partial charge in [-0.3, -0.25) is 0 Å². The molecule has 0 amide bonds. The first kappa shape index (κ1) is 23.2. The van der Waals surface area contributed by atoms with E-state index in [-0.39, 0.29) is 21.2 Å². The number of fused-ring (bicyclic) bond motifs is 2. The van der Waals surface area contributed by atoms with Crippen LogP contribution in [0.3, 0.4) is 0 Å². The molecular formula is C30H29IN5-. The van der Waals surface area contributed by atoms with E-state index >= 15 is 0 Å². The molecule has 3 aromatic carbocycles. The molecule has 1 aliphatic rings. The van der Waals surface area contributed by atoms with Crippen molar-refractivity contribution in [1.82, 2.24) is 19.9 Å². The summed E-state index contributed by atoms with van der Waals surface area (Å²) in [6, 6.07) is 23.0. The summed E-state index contributed by atoms with van der Waals surface area (Å²) in [5, 5.41) is 10.7. The van der Waals surface area contributed by atoms with Crippen molar-refractivity contribution in [1.29, 1.82) is 0 Å². The van der Waals surface area contributed by atoms with Gasteiger partial charge in [0.05, 0.1) is 0 Å². The summed E-state index contributed by atoms with van der Waals surface area (Å²) in [4.78, 5) is 7.37. The van der Waals surface area contributed by atoms with Crippen LogP contribution in [-0.4, -0.2) is 39.8 Å². The summed E-state index contributed by atoms with van der Waals surface area (Å²) in [6.07, 6.45) is 5.97. The zero-order valence-electron chi connectivity index (χ0n) is 20.5. The Bertz CT molecular complexity index is 1550. The van der Waals surface area contributed by atoms with Crippen LogP contribution in [0.25, 0.3) is 38.7 Å². The first-order valence-corrected chi connectivity index (χ1v) is 14.6. The van der Waals surface area contributed by atoms with Crippen molar-refractivity contribution in [3.05, 3.63) is 93.5 Å². The zero-order chi connectivity index (χ0) is 24.6. The molecule has 0 saturated carbocycles. The van der Waals surface area contributed by atoms with E-state index in [4.69, 9.17) is 4.98 Å². The molecule has 6 heteroatoms. The molecule has 0 bridgehead atoms. The maximum absolute atomic E-state index is 4.86. The van der Waals surface area contributed by atoms with E-state index in [1.54, 1.807) is 0 Å². The summed E-state index contributed by atoms with van der Waals surface area (Å²) in [7, 11) is 0. The van der Waals surface area contributed by atoms with Gasteiger partial charge >= 0.3 is 156 Å². The van der Waals surface area contributed by atoms with Gasteiger partial charge in [0.2, 0.25) is 0 Å². The Balaban J connectivity index is 1.33. The van der Waals surface area contributed by atoms with Crippen molar-refractivity contribution in [3.8, 4) is 22.3 Å². The van der Waals surface area contributed by atoms with Crippen LogP contribution in [0.1, 0.15) is 13.8 Å². The number of halogens is 1. The summed E-state index contributed by atoms with van der Waals surface area (Å²) in [5.41, 5.74) is 6.55. The number of piperazine rings is 1. The molecule has 3 heterocycles. The average molecular weight is 587 g/mol. The number of nitrogens with zero attached hydrogens (tertiary/aromatic N) is 4. The maximum atomic E-state index is 4.86. The Labute approximate surface area is 222 Å². The Morgan fingerprint density at radius 3 is 2.53 bits per heavy atom. The number of benzene rings is 3. The van der Waals surface area contributed by atoms with Crippen LogP contribution in [-0.2, 0) is 0 Å². The Morgan fingerprint density at radius 1 is 0.944 bits per heavy atom. The summed E-state index contributed by atoms with van der Waals surface area (Å²) >= 11 is -0.137. The molecule has 2 aromatic heterocycles. The number of rotatable bonds is 5. The van der Waals surface area contributed by atoms with Crippen molar-refractivity contribution in [2.24, 2.45) is 0 Å². The first-order chi connectivity index (χ1) is 17.6. The molecule has 36 heavy (non-hydrogen) atoms. The Hall–Kier alpha value is -3.23. The van der Waals surface area contributed by atoms with Crippen LogP contribution in [0.15, 0.2) is 89.9 Å². The summed E-state index contributed by atoms with van der Waals surface area (Å²) < 4.78 is 5.33. The minimum absolute atomic E-state index is 0.137. The summed E-state index contributed by atoms with van der Waals surface area (Å²) in [5.74, 6) is 0. The molecule has 5 aromatic rings. The Morgan fingerprint density at radius 2 is 1.75 bits per heavy atom. The number of aromatic nitrogens is 3.